The number of anilines is 2. The summed E-state index contributed by atoms with van der Waals surface area (Å²) in [5.41, 5.74) is 0. The predicted octanol–water partition coefficient (Wildman–Crippen LogP) is 2.79. The van der Waals surface area contributed by atoms with Crippen LogP contribution in [0.5, 0.6) is 0 Å². The molecule has 1 N–H and O–H groups in total. The molecule has 1 aliphatic carbocycles. The van der Waals surface area contributed by atoms with Crippen LogP contribution in [0.15, 0.2) is 12.1 Å². The Morgan fingerprint density at radius 3 is 2.83 bits per heavy atom. The van der Waals surface area contributed by atoms with Gasteiger partial charge in [0.15, 0.2) is 0 Å². The summed E-state index contributed by atoms with van der Waals surface area (Å²) in [6, 6.07) is 3.79. The van der Waals surface area contributed by atoms with Crippen molar-refractivity contribution in [1.29, 1.82) is 0 Å². The van der Waals surface area contributed by atoms with Crippen LogP contribution in [0.3, 0.4) is 0 Å². The third kappa shape index (κ3) is 3.22. The van der Waals surface area contributed by atoms with Gasteiger partial charge < -0.3 is 14.4 Å². The van der Waals surface area contributed by atoms with Crippen LogP contribution in [-0.2, 0) is 4.74 Å². The Balaban J connectivity index is 1.71. The number of halogens is 1. The molecule has 0 amide bonds. The van der Waals surface area contributed by atoms with Crippen molar-refractivity contribution in [2.75, 3.05) is 35.9 Å². The van der Waals surface area contributed by atoms with Gasteiger partial charge in [-0.2, -0.15) is 0 Å². The van der Waals surface area contributed by atoms with Gasteiger partial charge in [-0.3, -0.25) is 0 Å². The van der Waals surface area contributed by atoms with Gasteiger partial charge in [0.05, 0.1) is 13.2 Å². The molecule has 0 aromatic carbocycles. The molecule has 1 aromatic rings. The first-order valence-corrected chi connectivity index (χ1v) is 7.49. The number of hydrogen-bond donors (Lipinski definition) is 1. The van der Waals surface area contributed by atoms with E-state index in [1.807, 2.05) is 12.1 Å². The van der Waals surface area contributed by atoms with Gasteiger partial charge in [-0.15, -0.1) is 0 Å². The smallest absolute Gasteiger partial charge is 0.139 e. The highest BCUT2D eigenvalue weighted by atomic mass is 35.5. The van der Waals surface area contributed by atoms with E-state index in [-0.39, 0.29) is 0 Å². The van der Waals surface area contributed by atoms with Crippen molar-refractivity contribution in [3.63, 3.8) is 0 Å². The highest BCUT2D eigenvalue weighted by Crippen LogP contribution is 2.34. The molecule has 4 nitrogen and oxygen atoms in total. The zero-order chi connectivity index (χ0) is 12.4. The first-order chi connectivity index (χ1) is 8.81. The van der Waals surface area contributed by atoms with Crippen LogP contribution in [-0.4, -0.2) is 36.5 Å². The van der Waals surface area contributed by atoms with Gasteiger partial charge in [0, 0.05) is 29.4 Å². The lowest BCUT2D eigenvalue weighted by Crippen LogP contribution is -2.36. The molecule has 0 bridgehead atoms. The lowest BCUT2D eigenvalue weighted by Gasteiger charge is -2.28. The van der Waals surface area contributed by atoms with Crippen molar-refractivity contribution in [2.45, 2.75) is 18.1 Å². The second-order valence-corrected chi connectivity index (χ2v) is 6.09. The Morgan fingerprint density at radius 2 is 2.11 bits per heavy atom. The number of pyridine rings is 1. The highest BCUT2D eigenvalue weighted by Gasteiger charge is 2.22. The normalized spacial score (nSPS) is 19.9. The van der Waals surface area contributed by atoms with Gasteiger partial charge in [0.1, 0.15) is 11.6 Å². The van der Waals surface area contributed by atoms with Gasteiger partial charge >= 0.3 is 0 Å². The van der Waals surface area contributed by atoms with Crippen molar-refractivity contribution >= 4 is 35.2 Å². The van der Waals surface area contributed by atoms with Gasteiger partial charge in [-0.05, 0) is 30.9 Å². The van der Waals surface area contributed by atoms with Crippen LogP contribution in [0, 0.1) is 0 Å². The molecular formula is C12H16ClN3OS. The van der Waals surface area contributed by atoms with Crippen LogP contribution in [0.25, 0.3) is 0 Å². The van der Waals surface area contributed by atoms with Crippen molar-refractivity contribution in [3.8, 4) is 0 Å². The molecule has 1 aliphatic heterocycles. The summed E-state index contributed by atoms with van der Waals surface area (Å²) in [7, 11) is 0. The molecule has 1 saturated heterocycles. The molecule has 18 heavy (non-hydrogen) atoms. The zero-order valence-electron chi connectivity index (χ0n) is 10.1. The number of rotatable bonds is 4. The van der Waals surface area contributed by atoms with E-state index in [1.165, 1.54) is 12.8 Å². The van der Waals surface area contributed by atoms with Crippen LogP contribution in [0.4, 0.5) is 11.6 Å². The maximum Gasteiger partial charge on any atom is 0.139 e. The standard InChI is InChI=1S/C12H16ClN3OS/c13-9-7-11(15-18-10-1-2-10)14-12(8-9)16-3-5-17-6-4-16/h7-8,10H,1-6H2,(H,14,15). The fourth-order valence-corrected chi connectivity index (χ4v) is 2.78. The molecule has 1 saturated carbocycles. The predicted molar refractivity (Wildman–Crippen MR) is 76.5 cm³/mol. The molecule has 0 unspecified atom stereocenters. The Hall–Kier alpha value is -0.650. The van der Waals surface area contributed by atoms with Crippen molar-refractivity contribution in [1.82, 2.24) is 4.98 Å². The Morgan fingerprint density at radius 1 is 1.33 bits per heavy atom. The third-order valence-corrected chi connectivity index (χ3v) is 4.32. The summed E-state index contributed by atoms with van der Waals surface area (Å²) < 4.78 is 8.64. The van der Waals surface area contributed by atoms with Crippen LogP contribution < -0.4 is 9.62 Å². The molecule has 0 spiro atoms. The second-order valence-electron chi connectivity index (χ2n) is 4.55. The molecule has 1 aromatic heterocycles. The van der Waals surface area contributed by atoms with E-state index < -0.39 is 0 Å². The van der Waals surface area contributed by atoms with E-state index in [9.17, 15) is 0 Å². The van der Waals surface area contributed by atoms with Crippen molar-refractivity contribution < 1.29 is 4.74 Å². The average Bonchev–Trinajstić information content (AvgIpc) is 3.21. The van der Waals surface area contributed by atoms with E-state index in [4.69, 9.17) is 16.3 Å². The lowest BCUT2D eigenvalue weighted by molar-refractivity contribution is 0.122. The maximum absolute atomic E-state index is 6.15. The first-order valence-electron chi connectivity index (χ1n) is 6.23. The Labute approximate surface area is 116 Å². The number of morpholine rings is 1. The summed E-state index contributed by atoms with van der Waals surface area (Å²) in [5.74, 6) is 1.78. The molecule has 2 fully saturated rings. The van der Waals surface area contributed by atoms with E-state index in [0.29, 0.717) is 0 Å². The molecule has 98 valence electrons. The minimum Gasteiger partial charge on any atom is -0.378 e. The quantitative estimate of drug-likeness (QED) is 0.861. The van der Waals surface area contributed by atoms with E-state index in [0.717, 1.165) is 48.2 Å². The molecule has 6 heteroatoms. The lowest BCUT2D eigenvalue weighted by atomic mass is 10.3. The van der Waals surface area contributed by atoms with Gasteiger partial charge in [-0.1, -0.05) is 11.6 Å². The van der Waals surface area contributed by atoms with Crippen molar-refractivity contribution in [3.05, 3.63) is 17.2 Å². The molecule has 0 atom stereocenters. The summed E-state index contributed by atoms with van der Waals surface area (Å²) >= 11 is 7.90. The minimum absolute atomic E-state index is 0.727. The van der Waals surface area contributed by atoms with Crippen molar-refractivity contribution in [2.24, 2.45) is 0 Å². The third-order valence-electron chi connectivity index (χ3n) is 2.97. The largest absolute Gasteiger partial charge is 0.378 e. The number of ether oxygens (including phenoxy) is 1. The molecule has 3 rings (SSSR count). The van der Waals surface area contributed by atoms with Gasteiger partial charge in [0.2, 0.25) is 0 Å². The van der Waals surface area contributed by atoms with E-state index >= 15 is 0 Å². The van der Waals surface area contributed by atoms with Crippen LogP contribution in [0.2, 0.25) is 5.02 Å². The summed E-state index contributed by atoms with van der Waals surface area (Å²) in [6.07, 6.45) is 2.60. The minimum atomic E-state index is 0.727. The zero-order valence-corrected chi connectivity index (χ0v) is 11.6. The molecule has 2 aliphatic rings. The topological polar surface area (TPSA) is 37.4 Å². The summed E-state index contributed by atoms with van der Waals surface area (Å²) in [4.78, 5) is 6.82. The van der Waals surface area contributed by atoms with Crippen LogP contribution >= 0.6 is 23.5 Å². The van der Waals surface area contributed by atoms with Crippen LogP contribution in [0.1, 0.15) is 12.8 Å². The fourth-order valence-electron chi connectivity index (χ4n) is 1.82. The summed E-state index contributed by atoms with van der Waals surface area (Å²) in [5, 5.41) is 1.48. The van der Waals surface area contributed by atoms with Gasteiger partial charge in [-0.25, -0.2) is 4.98 Å². The SMILES string of the molecule is Clc1cc(NSC2CC2)nc(N2CCOCC2)c1. The number of aromatic nitrogens is 1. The number of hydrogen-bond acceptors (Lipinski definition) is 5. The summed E-state index contributed by atoms with van der Waals surface area (Å²) in [6.45, 7) is 3.27. The first kappa shape index (κ1) is 12.4. The molecule has 0 radical (unpaired) electrons. The van der Waals surface area contributed by atoms with E-state index in [2.05, 4.69) is 14.6 Å². The number of nitrogens with one attached hydrogen (secondary N) is 1. The highest BCUT2D eigenvalue weighted by molar-refractivity contribution is 8.01. The Bertz CT molecular complexity index is 422. The fraction of sp³-hybridized carbons (Fsp3) is 0.583. The second kappa shape index (κ2) is 5.55. The van der Waals surface area contributed by atoms with E-state index in [1.54, 1.807) is 11.9 Å². The Kier molecular flexibility index (Phi) is 3.82. The average molecular weight is 286 g/mol. The number of nitrogens with zero attached hydrogens (tertiary/aromatic N) is 2. The molecule has 2 heterocycles. The monoisotopic (exact) mass is 285 g/mol. The maximum atomic E-state index is 6.15. The molecular weight excluding hydrogens is 270 g/mol. The van der Waals surface area contributed by atoms with Gasteiger partial charge in [0.25, 0.3) is 0 Å².